The number of aromatic nitrogens is 3. The molecule has 1 aliphatic rings. The van der Waals surface area contributed by atoms with Crippen molar-refractivity contribution >= 4 is 27.7 Å². The Morgan fingerprint density at radius 1 is 1.42 bits per heavy atom. The zero-order chi connectivity index (χ0) is 18.9. The van der Waals surface area contributed by atoms with Crippen LogP contribution < -0.4 is 10.2 Å². The van der Waals surface area contributed by atoms with Gasteiger partial charge in [-0.25, -0.2) is 4.98 Å². The summed E-state index contributed by atoms with van der Waals surface area (Å²) >= 11 is 3.04. The van der Waals surface area contributed by atoms with Crippen LogP contribution in [0.5, 0.6) is 0 Å². The molecule has 0 radical (unpaired) electrons. The summed E-state index contributed by atoms with van der Waals surface area (Å²) in [4.78, 5) is 17.8. The van der Waals surface area contributed by atoms with E-state index in [1.165, 1.54) is 10.9 Å². The Bertz CT molecular complexity index is 807. The van der Waals surface area contributed by atoms with E-state index < -0.39 is 11.7 Å². The average Bonchev–Trinajstić information content (AvgIpc) is 3.01. The molecule has 0 aromatic carbocycles. The second-order valence-corrected chi connectivity index (χ2v) is 7.07. The molecule has 1 N–H and O–H groups in total. The highest BCUT2D eigenvalue weighted by atomic mass is 79.9. The molecule has 10 heteroatoms. The number of nitrogens with one attached hydrogen (secondary N) is 1. The maximum atomic E-state index is 13.3. The smallest absolute Gasteiger partial charge is 0.354 e. The van der Waals surface area contributed by atoms with Crippen LogP contribution in [0.25, 0.3) is 0 Å². The van der Waals surface area contributed by atoms with Gasteiger partial charge in [0.25, 0.3) is 5.91 Å². The number of pyridine rings is 1. The van der Waals surface area contributed by atoms with Crippen LogP contribution in [0.3, 0.4) is 0 Å². The fourth-order valence-corrected chi connectivity index (χ4v) is 3.31. The van der Waals surface area contributed by atoms with Crippen LogP contribution in [0.15, 0.2) is 29.0 Å². The summed E-state index contributed by atoms with van der Waals surface area (Å²) in [6.07, 6.45) is -0.157. The summed E-state index contributed by atoms with van der Waals surface area (Å²) in [5.74, 6) is -0.449. The maximum absolute atomic E-state index is 13.3. The molecule has 2 aromatic heterocycles. The van der Waals surface area contributed by atoms with Crippen LogP contribution in [0.4, 0.5) is 19.0 Å². The molecular weight excluding hydrogens is 415 g/mol. The highest BCUT2D eigenvalue weighted by Crippen LogP contribution is 2.37. The van der Waals surface area contributed by atoms with Crippen molar-refractivity contribution in [2.75, 3.05) is 18.0 Å². The molecule has 140 valence electrons. The number of carbonyl (C=O) groups is 1. The van der Waals surface area contributed by atoms with Crippen molar-refractivity contribution in [3.8, 4) is 0 Å². The lowest BCUT2D eigenvalue weighted by Gasteiger charge is -2.35. The number of rotatable bonds is 3. The number of hydrogen-bond acceptors (Lipinski definition) is 4. The van der Waals surface area contributed by atoms with E-state index in [2.05, 4.69) is 31.3 Å². The largest absolute Gasteiger partial charge is 0.419 e. The zero-order valence-corrected chi connectivity index (χ0v) is 15.5. The number of alkyl halides is 3. The predicted octanol–water partition coefficient (Wildman–Crippen LogP) is 3.00. The van der Waals surface area contributed by atoms with Crippen LogP contribution in [-0.2, 0) is 13.2 Å². The van der Waals surface area contributed by atoms with E-state index in [0.29, 0.717) is 19.4 Å². The van der Waals surface area contributed by atoms with E-state index in [9.17, 15) is 18.0 Å². The fraction of sp³-hybridized carbons (Fsp3) is 0.438. The monoisotopic (exact) mass is 431 g/mol. The number of amides is 1. The summed E-state index contributed by atoms with van der Waals surface area (Å²) in [5.41, 5.74) is -0.508. The molecule has 26 heavy (non-hydrogen) atoms. The molecule has 6 nitrogen and oxygen atoms in total. The minimum Gasteiger partial charge on any atom is -0.354 e. The summed E-state index contributed by atoms with van der Waals surface area (Å²) < 4.78 is 41.8. The standard InChI is InChI=1S/C16H17BrF3N5O/c1-24-6-4-13(23-24)15(26)22-11-3-2-5-25(9-11)14-12(16(18,19)20)7-10(17)8-21-14/h4,6-8,11H,2-3,5,9H2,1H3,(H,22,26). The summed E-state index contributed by atoms with van der Waals surface area (Å²) in [5, 5.41) is 6.88. The van der Waals surface area contributed by atoms with E-state index in [1.54, 1.807) is 24.2 Å². The van der Waals surface area contributed by atoms with Gasteiger partial charge in [0.1, 0.15) is 11.5 Å². The average molecular weight is 432 g/mol. The van der Waals surface area contributed by atoms with Crippen LogP contribution in [0, 0.1) is 0 Å². The molecular formula is C16H17BrF3N5O. The highest BCUT2D eigenvalue weighted by Gasteiger charge is 2.37. The molecule has 1 amide bonds. The van der Waals surface area contributed by atoms with Crippen molar-refractivity contribution in [2.24, 2.45) is 7.05 Å². The number of piperidine rings is 1. The number of halogens is 4. The molecule has 1 atom stereocenters. The Hall–Kier alpha value is -2.10. The topological polar surface area (TPSA) is 63.1 Å². The molecule has 1 unspecified atom stereocenters. The van der Waals surface area contributed by atoms with Gasteiger partial charge in [0.2, 0.25) is 0 Å². The Morgan fingerprint density at radius 3 is 2.85 bits per heavy atom. The van der Waals surface area contributed by atoms with Gasteiger partial charge in [-0.2, -0.15) is 18.3 Å². The highest BCUT2D eigenvalue weighted by molar-refractivity contribution is 9.10. The molecule has 3 heterocycles. The normalized spacial score (nSPS) is 18.0. The number of aryl methyl sites for hydroxylation is 1. The SMILES string of the molecule is Cn1ccc(C(=O)NC2CCCN(c3ncc(Br)cc3C(F)(F)F)C2)n1. The Labute approximate surface area is 156 Å². The van der Waals surface area contributed by atoms with Crippen molar-refractivity contribution in [1.82, 2.24) is 20.1 Å². The maximum Gasteiger partial charge on any atom is 0.419 e. The first-order valence-electron chi connectivity index (χ1n) is 8.02. The molecule has 0 aliphatic carbocycles. The first-order chi connectivity index (χ1) is 12.2. The molecule has 2 aromatic rings. The van der Waals surface area contributed by atoms with Crippen LogP contribution in [0.2, 0.25) is 0 Å². The van der Waals surface area contributed by atoms with E-state index >= 15 is 0 Å². The lowest BCUT2D eigenvalue weighted by Crippen LogP contribution is -2.48. The van der Waals surface area contributed by atoms with E-state index in [4.69, 9.17) is 0 Å². The lowest BCUT2D eigenvalue weighted by atomic mass is 10.0. The molecule has 3 rings (SSSR count). The van der Waals surface area contributed by atoms with E-state index in [0.717, 1.165) is 6.07 Å². The first kappa shape index (κ1) is 18.7. The minimum atomic E-state index is -4.50. The summed E-state index contributed by atoms with van der Waals surface area (Å²) in [7, 11) is 1.71. The van der Waals surface area contributed by atoms with Gasteiger partial charge in [-0.1, -0.05) is 0 Å². The molecule has 0 bridgehead atoms. The number of carbonyl (C=O) groups excluding carboxylic acids is 1. The van der Waals surface area contributed by atoms with Crippen LogP contribution >= 0.6 is 15.9 Å². The predicted molar refractivity (Wildman–Crippen MR) is 92.8 cm³/mol. The minimum absolute atomic E-state index is 0.113. The quantitative estimate of drug-likeness (QED) is 0.811. The zero-order valence-electron chi connectivity index (χ0n) is 13.9. The molecule has 0 saturated carbocycles. The summed E-state index contributed by atoms with van der Waals surface area (Å²) in [6.45, 7) is 0.712. The third kappa shape index (κ3) is 4.17. The second kappa shape index (κ2) is 7.26. The van der Waals surface area contributed by atoms with E-state index in [1.807, 2.05) is 0 Å². The van der Waals surface area contributed by atoms with Gasteiger partial charge in [0.15, 0.2) is 0 Å². The van der Waals surface area contributed by atoms with Crippen molar-refractivity contribution in [1.29, 1.82) is 0 Å². The third-order valence-corrected chi connectivity index (χ3v) is 4.57. The first-order valence-corrected chi connectivity index (χ1v) is 8.81. The number of anilines is 1. The molecule has 0 spiro atoms. The van der Waals surface area contributed by atoms with Crippen molar-refractivity contribution < 1.29 is 18.0 Å². The van der Waals surface area contributed by atoms with Gasteiger partial charge >= 0.3 is 6.18 Å². The number of hydrogen-bond donors (Lipinski definition) is 1. The van der Waals surface area contributed by atoms with E-state index in [-0.39, 0.29) is 34.5 Å². The Balaban J connectivity index is 1.76. The van der Waals surface area contributed by atoms with Gasteiger partial charge in [-0.05, 0) is 40.9 Å². The van der Waals surface area contributed by atoms with Crippen molar-refractivity contribution in [2.45, 2.75) is 25.1 Å². The fourth-order valence-electron chi connectivity index (χ4n) is 2.98. The van der Waals surface area contributed by atoms with Gasteiger partial charge in [0.05, 0.1) is 5.56 Å². The van der Waals surface area contributed by atoms with Crippen molar-refractivity contribution in [3.05, 3.63) is 40.3 Å². The Morgan fingerprint density at radius 2 is 2.19 bits per heavy atom. The molecule has 1 aliphatic heterocycles. The second-order valence-electron chi connectivity index (χ2n) is 6.16. The van der Waals surface area contributed by atoms with Crippen LogP contribution in [0.1, 0.15) is 28.9 Å². The van der Waals surface area contributed by atoms with Gasteiger partial charge in [-0.15, -0.1) is 0 Å². The van der Waals surface area contributed by atoms with Crippen molar-refractivity contribution in [3.63, 3.8) is 0 Å². The third-order valence-electron chi connectivity index (χ3n) is 4.14. The van der Waals surface area contributed by atoms with Gasteiger partial charge in [0, 0.05) is 43.0 Å². The van der Waals surface area contributed by atoms with Crippen LogP contribution in [-0.4, -0.2) is 39.8 Å². The Kier molecular flexibility index (Phi) is 5.22. The molecule has 1 saturated heterocycles. The lowest BCUT2D eigenvalue weighted by molar-refractivity contribution is -0.137. The number of nitrogens with zero attached hydrogens (tertiary/aromatic N) is 4. The van der Waals surface area contributed by atoms with Gasteiger partial charge in [-0.3, -0.25) is 9.48 Å². The summed E-state index contributed by atoms with van der Waals surface area (Å²) in [6, 6.07) is 2.34. The van der Waals surface area contributed by atoms with Gasteiger partial charge < -0.3 is 10.2 Å². The molecule has 1 fully saturated rings.